The van der Waals surface area contributed by atoms with Crippen molar-refractivity contribution in [2.24, 2.45) is 0 Å². The van der Waals surface area contributed by atoms with E-state index in [9.17, 15) is 22.0 Å². The monoisotopic (exact) mass is 444 g/mol. The average Bonchev–Trinajstić information content (AvgIpc) is 2.72. The second-order valence-corrected chi connectivity index (χ2v) is 8.65. The molecule has 0 radical (unpaired) electrons. The molecular formula is C19H19ClF2N2O4S. The van der Waals surface area contributed by atoms with E-state index in [0.29, 0.717) is 13.2 Å². The largest absolute Gasteiger partial charge is 0.379 e. The highest BCUT2D eigenvalue weighted by Gasteiger charge is 2.28. The van der Waals surface area contributed by atoms with Gasteiger partial charge in [0.15, 0.2) is 11.6 Å². The Morgan fingerprint density at radius 1 is 1.14 bits per heavy atom. The summed E-state index contributed by atoms with van der Waals surface area (Å²) < 4.78 is 59.1. The van der Waals surface area contributed by atoms with Gasteiger partial charge in [0.1, 0.15) is 0 Å². The minimum absolute atomic E-state index is 0.0485. The molecule has 6 nitrogen and oxygen atoms in total. The van der Waals surface area contributed by atoms with Gasteiger partial charge in [-0.25, -0.2) is 17.2 Å². The fourth-order valence-corrected chi connectivity index (χ4v) is 4.64. The molecule has 1 aliphatic rings. The number of nitrogens with zero attached hydrogens (tertiary/aromatic N) is 2. The van der Waals surface area contributed by atoms with Gasteiger partial charge in [-0.3, -0.25) is 4.79 Å². The Balaban J connectivity index is 1.97. The van der Waals surface area contributed by atoms with Gasteiger partial charge in [0.2, 0.25) is 10.0 Å². The lowest BCUT2D eigenvalue weighted by Crippen LogP contribution is -2.40. The Morgan fingerprint density at radius 2 is 1.83 bits per heavy atom. The van der Waals surface area contributed by atoms with Crippen molar-refractivity contribution in [3.05, 3.63) is 58.6 Å². The van der Waals surface area contributed by atoms with Crippen LogP contribution in [-0.4, -0.2) is 51.5 Å². The van der Waals surface area contributed by atoms with Crippen LogP contribution in [0.5, 0.6) is 0 Å². The van der Waals surface area contributed by atoms with Gasteiger partial charge >= 0.3 is 0 Å². The van der Waals surface area contributed by atoms with Gasteiger partial charge in [-0.05, 0) is 37.3 Å². The van der Waals surface area contributed by atoms with Crippen molar-refractivity contribution in [1.82, 2.24) is 4.31 Å². The summed E-state index contributed by atoms with van der Waals surface area (Å²) in [5, 5.41) is 0.0527. The number of amides is 1. The Kier molecular flexibility index (Phi) is 6.52. The first kappa shape index (κ1) is 21.6. The summed E-state index contributed by atoms with van der Waals surface area (Å²) in [5.41, 5.74) is 0.0847. The number of hydrogen-bond acceptors (Lipinski definition) is 4. The van der Waals surface area contributed by atoms with Crippen LogP contribution in [0.25, 0.3) is 0 Å². The highest BCUT2D eigenvalue weighted by molar-refractivity contribution is 7.89. The van der Waals surface area contributed by atoms with E-state index >= 15 is 0 Å². The molecular weight excluding hydrogens is 426 g/mol. The Hall–Kier alpha value is -2.07. The molecule has 10 heteroatoms. The first-order chi connectivity index (χ1) is 13.8. The van der Waals surface area contributed by atoms with Gasteiger partial charge in [-0.15, -0.1) is 0 Å². The van der Waals surface area contributed by atoms with Crippen molar-refractivity contribution >= 4 is 33.2 Å². The molecule has 0 aromatic heterocycles. The molecule has 2 aromatic rings. The number of hydrogen-bond donors (Lipinski definition) is 0. The number of morpholine rings is 1. The average molecular weight is 445 g/mol. The summed E-state index contributed by atoms with van der Waals surface area (Å²) in [6.07, 6.45) is 0. The van der Waals surface area contributed by atoms with E-state index < -0.39 is 27.6 Å². The maximum absolute atomic E-state index is 13.6. The Bertz CT molecular complexity index is 1030. The molecule has 3 rings (SSSR count). The molecule has 29 heavy (non-hydrogen) atoms. The van der Waals surface area contributed by atoms with Gasteiger partial charge in [0.05, 0.1) is 28.7 Å². The fourth-order valence-electron chi connectivity index (χ4n) is 3.01. The molecule has 1 saturated heterocycles. The maximum atomic E-state index is 13.6. The van der Waals surface area contributed by atoms with Crippen molar-refractivity contribution in [2.75, 3.05) is 37.7 Å². The summed E-state index contributed by atoms with van der Waals surface area (Å²) >= 11 is 6.16. The molecule has 0 aliphatic carbocycles. The molecule has 0 saturated carbocycles. The van der Waals surface area contributed by atoms with Gasteiger partial charge in [0.25, 0.3) is 5.91 Å². The second-order valence-electron chi connectivity index (χ2n) is 6.31. The first-order valence-electron chi connectivity index (χ1n) is 8.90. The van der Waals surface area contributed by atoms with Crippen molar-refractivity contribution in [1.29, 1.82) is 0 Å². The topological polar surface area (TPSA) is 66.9 Å². The van der Waals surface area contributed by atoms with Gasteiger partial charge in [-0.2, -0.15) is 4.31 Å². The van der Waals surface area contributed by atoms with E-state index in [1.807, 2.05) is 0 Å². The van der Waals surface area contributed by atoms with Gasteiger partial charge in [0, 0.05) is 31.4 Å². The van der Waals surface area contributed by atoms with Crippen LogP contribution >= 0.6 is 11.6 Å². The zero-order valence-corrected chi connectivity index (χ0v) is 17.1. The summed E-state index contributed by atoms with van der Waals surface area (Å²) in [4.78, 5) is 14.2. The predicted octanol–water partition coefficient (Wildman–Crippen LogP) is 3.31. The molecule has 156 valence electrons. The molecule has 1 heterocycles. The molecule has 2 aromatic carbocycles. The number of sulfonamides is 1. The minimum Gasteiger partial charge on any atom is -0.379 e. The van der Waals surface area contributed by atoms with Crippen LogP contribution in [0.4, 0.5) is 14.5 Å². The van der Waals surface area contributed by atoms with E-state index in [-0.39, 0.29) is 40.8 Å². The van der Waals surface area contributed by atoms with Crippen LogP contribution in [0.2, 0.25) is 5.02 Å². The summed E-state index contributed by atoms with van der Waals surface area (Å²) in [6.45, 7) is 2.80. The summed E-state index contributed by atoms with van der Waals surface area (Å²) in [5.74, 6) is -2.75. The predicted molar refractivity (Wildman–Crippen MR) is 105 cm³/mol. The minimum atomic E-state index is -3.83. The van der Waals surface area contributed by atoms with Crippen molar-refractivity contribution in [3.63, 3.8) is 0 Å². The number of halogens is 3. The summed E-state index contributed by atoms with van der Waals surface area (Å²) in [6, 6.07) is 6.96. The highest BCUT2D eigenvalue weighted by atomic mass is 35.5. The third-order valence-corrected chi connectivity index (χ3v) is 6.78. The second kappa shape index (κ2) is 8.74. The smallest absolute Gasteiger partial charge is 0.259 e. The summed E-state index contributed by atoms with van der Waals surface area (Å²) in [7, 11) is -3.83. The van der Waals surface area contributed by atoms with Gasteiger partial charge < -0.3 is 9.64 Å². The lowest BCUT2D eigenvalue weighted by atomic mass is 10.1. The molecule has 0 unspecified atom stereocenters. The van der Waals surface area contributed by atoms with E-state index in [1.54, 1.807) is 6.92 Å². The molecule has 1 aliphatic heterocycles. The van der Waals surface area contributed by atoms with Crippen LogP contribution in [0.1, 0.15) is 17.3 Å². The van der Waals surface area contributed by atoms with E-state index in [4.69, 9.17) is 16.3 Å². The van der Waals surface area contributed by atoms with Crippen molar-refractivity contribution in [2.45, 2.75) is 11.8 Å². The van der Waals surface area contributed by atoms with Crippen LogP contribution < -0.4 is 4.90 Å². The zero-order valence-electron chi connectivity index (χ0n) is 15.6. The highest BCUT2D eigenvalue weighted by Crippen LogP contribution is 2.27. The molecule has 1 fully saturated rings. The molecule has 1 amide bonds. The number of ether oxygens (including phenoxy) is 1. The SMILES string of the molecule is CCN(C(=O)c1cc(S(=O)(=O)N2CCOCC2)ccc1Cl)c1ccc(F)c(F)c1. The van der Waals surface area contributed by atoms with Crippen LogP contribution in [0.15, 0.2) is 41.3 Å². The molecule has 0 N–H and O–H groups in total. The van der Waals surface area contributed by atoms with Crippen LogP contribution in [0.3, 0.4) is 0 Å². The fraction of sp³-hybridized carbons (Fsp3) is 0.316. The van der Waals surface area contributed by atoms with E-state index in [0.717, 1.165) is 12.1 Å². The third-order valence-electron chi connectivity index (χ3n) is 4.55. The number of anilines is 1. The van der Waals surface area contributed by atoms with Crippen LogP contribution in [0, 0.1) is 11.6 Å². The van der Waals surface area contributed by atoms with E-state index in [2.05, 4.69) is 0 Å². The number of carbonyl (C=O) groups excluding carboxylic acids is 1. The normalized spacial score (nSPS) is 15.3. The quantitative estimate of drug-likeness (QED) is 0.709. The lowest BCUT2D eigenvalue weighted by Gasteiger charge is -2.26. The van der Waals surface area contributed by atoms with Crippen molar-refractivity contribution in [3.8, 4) is 0 Å². The van der Waals surface area contributed by atoms with Crippen LogP contribution in [-0.2, 0) is 14.8 Å². The van der Waals surface area contributed by atoms with Crippen molar-refractivity contribution < 1.29 is 26.7 Å². The van der Waals surface area contributed by atoms with Gasteiger partial charge in [-0.1, -0.05) is 11.6 Å². The Morgan fingerprint density at radius 3 is 2.45 bits per heavy atom. The number of carbonyl (C=O) groups is 1. The Labute approximate surface area is 172 Å². The maximum Gasteiger partial charge on any atom is 0.259 e. The third kappa shape index (κ3) is 4.42. The van der Waals surface area contributed by atoms with E-state index in [1.165, 1.54) is 33.5 Å². The number of rotatable bonds is 5. The molecule has 0 bridgehead atoms. The first-order valence-corrected chi connectivity index (χ1v) is 10.7. The number of benzene rings is 2. The molecule has 0 spiro atoms. The standard InChI is InChI=1S/C19H19ClF2N2O4S/c1-2-24(13-3-6-17(21)18(22)11-13)19(25)15-12-14(4-5-16(15)20)29(26,27)23-7-9-28-10-8-23/h3-6,11-12H,2,7-10H2,1H3. The zero-order chi connectivity index (χ0) is 21.2. The lowest BCUT2D eigenvalue weighted by molar-refractivity contribution is 0.0730. The molecule has 0 atom stereocenters.